The van der Waals surface area contributed by atoms with Crippen LogP contribution in [0.1, 0.15) is 50.3 Å². The predicted molar refractivity (Wildman–Crippen MR) is 159 cm³/mol. The van der Waals surface area contributed by atoms with Gasteiger partial charge in [0.25, 0.3) is 5.56 Å². The zero-order chi connectivity index (χ0) is 28.5. The number of thiazole rings is 1. The molecule has 1 aliphatic heterocycles. The Morgan fingerprint density at radius 1 is 1.15 bits per heavy atom. The maximum Gasteiger partial charge on any atom is 0.338 e. The van der Waals surface area contributed by atoms with Crippen LogP contribution in [-0.4, -0.2) is 30.9 Å². The molecule has 3 aromatic rings. The van der Waals surface area contributed by atoms with Crippen molar-refractivity contribution in [1.29, 1.82) is 0 Å². The maximum atomic E-state index is 13.8. The van der Waals surface area contributed by atoms with Gasteiger partial charge in [-0.2, -0.15) is 0 Å². The van der Waals surface area contributed by atoms with Crippen molar-refractivity contribution in [2.75, 3.05) is 20.3 Å². The van der Waals surface area contributed by atoms with Crippen LogP contribution in [0, 0.1) is 0 Å². The average molecular weight is 559 g/mol. The van der Waals surface area contributed by atoms with E-state index in [-0.39, 0.29) is 12.2 Å². The van der Waals surface area contributed by atoms with Crippen molar-refractivity contribution in [2.45, 2.75) is 39.2 Å². The van der Waals surface area contributed by atoms with E-state index in [1.165, 1.54) is 17.4 Å². The quantitative estimate of drug-likeness (QED) is 0.173. The molecular weight excluding hydrogens is 524 g/mol. The molecule has 1 aliphatic rings. The van der Waals surface area contributed by atoms with Crippen LogP contribution in [0.2, 0.25) is 0 Å². The van der Waals surface area contributed by atoms with E-state index < -0.39 is 12.0 Å². The normalized spacial score (nSPS) is 15.1. The monoisotopic (exact) mass is 558 g/mol. The molecule has 1 atom stereocenters. The SMILES string of the molecule is C=CCOC(=O)C1=C(C)N=c2sc(=CC=Cc3ccccc3)c(=O)n2C1c1ccc(OCCCCC)c(OC)c1. The van der Waals surface area contributed by atoms with Crippen LogP contribution >= 0.6 is 11.3 Å². The molecule has 2 heterocycles. The molecule has 0 spiro atoms. The first-order valence-electron chi connectivity index (χ1n) is 13.3. The Morgan fingerprint density at radius 2 is 1.95 bits per heavy atom. The third kappa shape index (κ3) is 6.51. The molecule has 1 unspecified atom stereocenters. The van der Waals surface area contributed by atoms with Crippen molar-refractivity contribution < 1.29 is 19.0 Å². The summed E-state index contributed by atoms with van der Waals surface area (Å²) in [6.45, 7) is 8.16. The molecular formula is C32H34N2O5S. The first-order chi connectivity index (χ1) is 19.5. The number of carbonyl (C=O) groups excluding carboxylic acids is 1. The van der Waals surface area contributed by atoms with Crippen LogP contribution in [-0.2, 0) is 9.53 Å². The van der Waals surface area contributed by atoms with Gasteiger partial charge in [-0.15, -0.1) is 0 Å². The molecule has 0 saturated heterocycles. The third-order valence-corrected chi connectivity index (χ3v) is 7.42. The van der Waals surface area contributed by atoms with Crippen LogP contribution in [0.4, 0.5) is 0 Å². The van der Waals surface area contributed by atoms with Gasteiger partial charge in [0.1, 0.15) is 6.61 Å². The summed E-state index contributed by atoms with van der Waals surface area (Å²) in [6, 6.07) is 14.6. The lowest BCUT2D eigenvalue weighted by Crippen LogP contribution is -2.39. The van der Waals surface area contributed by atoms with Crippen molar-refractivity contribution >= 4 is 29.5 Å². The van der Waals surface area contributed by atoms with Gasteiger partial charge in [0.15, 0.2) is 16.3 Å². The number of nitrogens with zero attached hydrogens (tertiary/aromatic N) is 2. The van der Waals surface area contributed by atoms with E-state index in [1.807, 2.05) is 60.7 Å². The molecule has 8 heteroatoms. The van der Waals surface area contributed by atoms with E-state index >= 15 is 0 Å². The highest BCUT2D eigenvalue weighted by Gasteiger charge is 2.34. The molecule has 0 amide bonds. The highest BCUT2D eigenvalue weighted by Crippen LogP contribution is 2.36. The Labute approximate surface area is 238 Å². The minimum Gasteiger partial charge on any atom is -0.493 e. The van der Waals surface area contributed by atoms with Gasteiger partial charge < -0.3 is 14.2 Å². The number of carbonyl (C=O) groups is 1. The van der Waals surface area contributed by atoms with Crippen LogP contribution in [0.25, 0.3) is 12.2 Å². The average Bonchev–Trinajstić information content (AvgIpc) is 3.28. The lowest BCUT2D eigenvalue weighted by atomic mass is 9.95. The number of esters is 1. The molecule has 0 fully saturated rings. The number of benzene rings is 2. The number of rotatable bonds is 12. The molecule has 0 saturated carbocycles. The maximum absolute atomic E-state index is 13.8. The Kier molecular flexibility index (Phi) is 9.91. The largest absolute Gasteiger partial charge is 0.493 e. The summed E-state index contributed by atoms with van der Waals surface area (Å²) in [5, 5.41) is 0. The van der Waals surface area contributed by atoms with Gasteiger partial charge in [-0.25, -0.2) is 9.79 Å². The molecule has 0 N–H and O–H groups in total. The van der Waals surface area contributed by atoms with Gasteiger partial charge in [-0.05, 0) is 42.7 Å². The van der Waals surface area contributed by atoms with Gasteiger partial charge in [0.2, 0.25) is 0 Å². The minimum atomic E-state index is -0.753. The van der Waals surface area contributed by atoms with Gasteiger partial charge in [-0.1, -0.05) is 92.3 Å². The van der Waals surface area contributed by atoms with Crippen molar-refractivity contribution in [2.24, 2.45) is 4.99 Å². The second-order valence-corrected chi connectivity index (χ2v) is 10.2. The van der Waals surface area contributed by atoms with Crippen LogP contribution in [0.15, 0.2) is 88.3 Å². The summed E-state index contributed by atoms with van der Waals surface area (Å²) in [5.41, 5.74) is 2.25. The molecule has 4 rings (SSSR count). The Balaban J connectivity index is 1.80. The molecule has 0 bridgehead atoms. The molecule has 0 aliphatic carbocycles. The highest BCUT2D eigenvalue weighted by molar-refractivity contribution is 7.07. The first-order valence-corrected chi connectivity index (χ1v) is 14.1. The first kappa shape index (κ1) is 28.8. The fourth-order valence-corrected chi connectivity index (χ4v) is 5.44. The van der Waals surface area contributed by atoms with E-state index in [0.29, 0.717) is 44.3 Å². The number of hydrogen-bond donors (Lipinski definition) is 0. The standard InChI is InChI=1S/C32H34N2O5S/c1-5-7-11-20-38-25-18-17-24(21-26(25)37-4)29-28(31(36)39-19-6-2)22(3)33-32-34(29)30(35)27(40-32)16-12-15-23-13-9-8-10-14-23/h6,8-10,12-18,21,29H,2,5,7,11,19-20H2,1,3-4H3. The number of ether oxygens (including phenoxy) is 3. The van der Waals surface area contributed by atoms with Gasteiger partial charge in [-0.3, -0.25) is 9.36 Å². The number of methoxy groups -OCH3 is 1. The zero-order valence-electron chi connectivity index (χ0n) is 23.1. The van der Waals surface area contributed by atoms with Crippen LogP contribution in [0.5, 0.6) is 11.5 Å². The summed E-state index contributed by atoms with van der Waals surface area (Å²) in [5.74, 6) is 0.580. The van der Waals surface area contributed by atoms with E-state index in [4.69, 9.17) is 14.2 Å². The molecule has 208 valence electrons. The molecule has 0 radical (unpaired) electrons. The van der Waals surface area contributed by atoms with Gasteiger partial charge in [0, 0.05) is 0 Å². The van der Waals surface area contributed by atoms with E-state index in [1.54, 1.807) is 24.7 Å². The van der Waals surface area contributed by atoms with Gasteiger partial charge in [0.05, 0.1) is 35.6 Å². The summed E-state index contributed by atoms with van der Waals surface area (Å²) in [6.07, 6.45) is 10.2. The zero-order valence-corrected chi connectivity index (χ0v) is 23.9. The molecule has 1 aromatic heterocycles. The van der Waals surface area contributed by atoms with E-state index in [9.17, 15) is 9.59 Å². The van der Waals surface area contributed by atoms with Crippen LogP contribution < -0.4 is 24.4 Å². The van der Waals surface area contributed by atoms with Crippen LogP contribution in [0.3, 0.4) is 0 Å². The second kappa shape index (κ2) is 13.8. The van der Waals surface area contributed by atoms with E-state index in [0.717, 1.165) is 24.8 Å². The lowest BCUT2D eigenvalue weighted by molar-refractivity contribution is -0.138. The number of unbranched alkanes of at least 4 members (excludes halogenated alkanes) is 2. The van der Waals surface area contributed by atoms with E-state index in [2.05, 4.69) is 18.5 Å². The van der Waals surface area contributed by atoms with Gasteiger partial charge >= 0.3 is 5.97 Å². The van der Waals surface area contributed by atoms with Crippen molar-refractivity contribution in [3.05, 3.63) is 109 Å². The van der Waals surface area contributed by atoms with Crippen molar-refractivity contribution in [3.63, 3.8) is 0 Å². The number of fused-ring (bicyclic) bond motifs is 1. The highest BCUT2D eigenvalue weighted by atomic mass is 32.1. The number of allylic oxidation sites excluding steroid dienone is 2. The minimum absolute atomic E-state index is 0.0465. The Hall–Kier alpha value is -4.17. The lowest BCUT2D eigenvalue weighted by Gasteiger charge is -2.25. The fraction of sp³-hybridized carbons (Fsp3) is 0.281. The van der Waals surface area contributed by atoms with Crippen molar-refractivity contribution in [1.82, 2.24) is 4.57 Å². The molecule has 7 nitrogen and oxygen atoms in total. The summed E-state index contributed by atoms with van der Waals surface area (Å²) in [7, 11) is 1.57. The molecule has 2 aromatic carbocycles. The second-order valence-electron chi connectivity index (χ2n) is 9.23. The smallest absolute Gasteiger partial charge is 0.338 e. The number of hydrogen-bond acceptors (Lipinski definition) is 7. The third-order valence-electron chi connectivity index (χ3n) is 6.42. The summed E-state index contributed by atoms with van der Waals surface area (Å²) >= 11 is 1.28. The fourth-order valence-electron chi connectivity index (χ4n) is 4.44. The molecule has 40 heavy (non-hydrogen) atoms. The summed E-state index contributed by atoms with van der Waals surface area (Å²) in [4.78, 5) is 32.1. The summed E-state index contributed by atoms with van der Waals surface area (Å²) < 4.78 is 19.1. The Morgan fingerprint density at radius 3 is 2.67 bits per heavy atom. The predicted octanol–water partition coefficient (Wildman–Crippen LogP) is 5.21. The Bertz CT molecular complexity index is 1600. The van der Waals surface area contributed by atoms with Crippen molar-refractivity contribution in [3.8, 4) is 11.5 Å². The number of aromatic nitrogens is 1. The topological polar surface area (TPSA) is 79.1 Å².